The second-order valence-corrected chi connectivity index (χ2v) is 49.9. The molecule has 2 aromatic carbocycles. The lowest BCUT2D eigenvalue weighted by atomic mass is 9.68. The van der Waals surface area contributed by atoms with Crippen LogP contribution in [0.1, 0.15) is 552 Å². The highest BCUT2D eigenvalue weighted by molar-refractivity contribution is 5.26. The summed E-state index contributed by atoms with van der Waals surface area (Å²) in [5.74, 6) is 28.3. The van der Waals surface area contributed by atoms with Gasteiger partial charge in [-0.2, -0.15) is 0 Å². The molecule has 0 saturated heterocycles. The molecule has 0 aliphatic heterocycles. The number of allylic oxidation sites excluding steroid dienone is 8. The second-order valence-electron chi connectivity index (χ2n) is 49.9. The predicted molar refractivity (Wildman–Crippen MR) is 595 cm³/mol. The van der Waals surface area contributed by atoms with Crippen molar-refractivity contribution >= 4 is 0 Å². The molecule has 762 valence electrons. The van der Waals surface area contributed by atoms with Crippen LogP contribution in [0.5, 0.6) is 0 Å². The topological polar surface area (TPSA) is 0 Å². The van der Waals surface area contributed by atoms with Crippen LogP contribution < -0.4 is 0 Å². The van der Waals surface area contributed by atoms with Crippen molar-refractivity contribution < 1.29 is 0 Å². The first-order valence-electron chi connectivity index (χ1n) is 61.5. The number of hydrogen-bond acceptors (Lipinski definition) is 0. The molecule has 0 unspecified atom stereocenters. The summed E-state index contributed by atoms with van der Waals surface area (Å²) >= 11 is 0. The predicted octanol–water partition coefficient (Wildman–Crippen LogP) is 43.4. The average Bonchev–Trinajstić information content (AvgIpc) is 0.829. The number of benzene rings is 2. The van der Waals surface area contributed by atoms with Crippen molar-refractivity contribution in [2.75, 3.05) is 0 Å². The number of unbranched alkanes of at least 4 members (excludes halogenated alkanes) is 3. The maximum absolute atomic E-state index is 3.97. The third kappa shape index (κ3) is 40.2. The van der Waals surface area contributed by atoms with E-state index < -0.39 is 0 Å². The minimum atomic E-state index is 0.810. The molecular weight excluding hydrogens is 1610 g/mol. The smallest absolute Gasteiger partial charge is 0.0162 e. The fraction of sp³-hybridized carbons (Fsp3) is 0.821. The Hall–Kier alpha value is -3.12. The molecule has 2 aromatic rings. The zero-order valence-electron chi connectivity index (χ0n) is 91.1. The first kappa shape index (κ1) is 113. The minimum absolute atomic E-state index is 0.810. The largest absolute Gasteiger partial charge is 0.103 e. The van der Waals surface area contributed by atoms with E-state index >= 15 is 0 Å². The lowest BCUT2D eigenvalue weighted by Gasteiger charge is -2.38. The Morgan fingerprint density at radius 2 is 0.425 bits per heavy atom. The van der Waals surface area contributed by atoms with E-state index in [9.17, 15) is 0 Å². The van der Waals surface area contributed by atoms with E-state index in [0.29, 0.717) is 0 Å². The van der Waals surface area contributed by atoms with Crippen LogP contribution in [-0.4, -0.2) is 0 Å². The summed E-state index contributed by atoms with van der Waals surface area (Å²) in [5, 5.41) is 0. The van der Waals surface area contributed by atoms with Gasteiger partial charge in [-0.3, -0.25) is 0 Å². The molecule has 16 rings (SSSR count). The molecule has 14 aliphatic carbocycles. The Morgan fingerprint density at radius 3 is 0.642 bits per heavy atom. The van der Waals surface area contributed by atoms with Crippen LogP contribution in [-0.2, 0) is 0 Å². The molecule has 0 spiro atoms. The average molecular weight is 1840 g/mol. The van der Waals surface area contributed by atoms with Crippen LogP contribution in [0, 0.1) is 168 Å². The first-order valence-corrected chi connectivity index (χ1v) is 61.5. The summed E-state index contributed by atoms with van der Waals surface area (Å²) in [6, 6.07) is 18.6. The summed E-state index contributed by atoms with van der Waals surface area (Å²) in [5.41, 5.74) is 5.93. The molecule has 0 amide bonds. The van der Waals surface area contributed by atoms with Gasteiger partial charge in [0.2, 0.25) is 0 Å². The molecule has 14 aliphatic rings. The highest BCUT2D eigenvalue weighted by Crippen LogP contribution is 2.52. The van der Waals surface area contributed by atoms with Gasteiger partial charge in [-0.05, 0) is 487 Å². The highest BCUT2D eigenvalue weighted by atomic mass is 14.4. The first-order chi connectivity index (χ1) is 65.7. The third-order valence-electron chi connectivity index (χ3n) is 41.2. The van der Waals surface area contributed by atoms with Gasteiger partial charge in [-0.1, -0.05) is 330 Å². The van der Waals surface area contributed by atoms with Crippen molar-refractivity contribution in [3.63, 3.8) is 0 Å². The van der Waals surface area contributed by atoms with Gasteiger partial charge in [-0.25, -0.2) is 0 Å². The van der Waals surface area contributed by atoms with E-state index in [0.717, 1.165) is 166 Å². The molecule has 0 N–H and O–H groups in total. The molecule has 0 heteroatoms. The summed E-state index contributed by atoms with van der Waals surface area (Å²) in [4.78, 5) is 0. The van der Waals surface area contributed by atoms with Gasteiger partial charge in [0.15, 0.2) is 0 Å². The Morgan fingerprint density at radius 1 is 0.216 bits per heavy atom. The van der Waals surface area contributed by atoms with E-state index in [4.69, 9.17) is 0 Å². The van der Waals surface area contributed by atoms with Crippen LogP contribution in [0.2, 0.25) is 0 Å². The van der Waals surface area contributed by atoms with E-state index in [2.05, 4.69) is 193 Å². The Labute approximate surface area is 837 Å². The van der Waals surface area contributed by atoms with Crippen molar-refractivity contribution in [1.82, 2.24) is 0 Å². The molecule has 0 heterocycles. The van der Waals surface area contributed by atoms with Crippen molar-refractivity contribution in [2.24, 2.45) is 154 Å². The minimum Gasteiger partial charge on any atom is -0.103 e. The van der Waals surface area contributed by atoms with Gasteiger partial charge in [0.05, 0.1) is 0 Å². The van der Waals surface area contributed by atoms with E-state index in [1.807, 2.05) is 0 Å². The second kappa shape index (κ2) is 65.9. The van der Waals surface area contributed by atoms with Crippen molar-refractivity contribution in [1.29, 1.82) is 0 Å². The Balaban J connectivity index is 0.000000162. The fourth-order valence-electron chi connectivity index (χ4n) is 31.8. The number of hydrogen-bond donors (Lipinski definition) is 0. The summed E-state index contributed by atoms with van der Waals surface area (Å²) in [6.07, 6.45) is 125. The van der Waals surface area contributed by atoms with Gasteiger partial charge < -0.3 is 0 Å². The number of rotatable bonds is 31. The summed E-state index contributed by atoms with van der Waals surface area (Å²) in [7, 11) is 0. The van der Waals surface area contributed by atoms with Crippen LogP contribution in [0.25, 0.3) is 0 Å². The summed E-state index contributed by atoms with van der Waals surface area (Å²) in [6.45, 7) is 38.5. The molecule has 0 nitrogen and oxygen atoms in total. The Kier molecular flexibility index (Phi) is 55.5. The van der Waals surface area contributed by atoms with Crippen molar-refractivity contribution in [3.05, 3.63) is 146 Å². The van der Waals surface area contributed by atoms with E-state index in [1.165, 1.54) is 332 Å². The van der Waals surface area contributed by atoms with Crippen molar-refractivity contribution in [3.8, 4) is 0 Å². The molecule has 14 saturated carbocycles. The van der Waals surface area contributed by atoms with Gasteiger partial charge in [0.25, 0.3) is 0 Å². The van der Waals surface area contributed by atoms with Crippen LogP contribution in [0.4, 0.5) is 0 Å². The van der Waals surface area contributed by atoms with Crippen molar-refractivity contribution in [2.45, 2.75) is 543 Å². The van der Waals surface area contributed by atoms with Gasteiger partial charge in [-0.15, -0.1) is 26.3 Å². The monoisotopic (exact) mass is 1840 g/mol. The molecule has 0 aromatic heterocycles. The molecular formula is C134H226. The SMILES string of the molecule is C/C=C/C1CCC(C2CCC(/C=C/C)CC2)CC1.C=CC1CCC(C2CCC(C=C)CC2)CC1.C=CC1CCC(C2CCC(c3ccc(C)cc3)CC2)CC1.C=CCCC1CCC(C2CCC(c3ccc(C)cc3)CC2)CC1.CCCC1CCC(C2CCC(CC)CC2)CC1.CCCCC1CCC(C2CCC(CCC)CC2)CC1.CCCCCC1CCC(C2CCC(CCC)CC2)CC1. The maximum atomic E-state index is 3.97. The van der Waals surface area contributed by atoms with E-state index in [-0.39, 0.29) is 0 Å². The fourth-order valence-corrected chi connectivity index (χ4v) is 31.8. The lowest BCUT2D eigenvalue weighted by molar-refractivity contribution is 0.140. The van der Waals surface area contributed by atoms with Gasteiger partial charge in [0, 0.05) is 0 Å². The van der Waals surface area contributed by atoms with Gasteiger partial charge >= 0.3 is 0 Å². The quantitative estimate of drug-likeness (QED) is 0.0521. The standard InChI is InChI=1S/C23H34.C21H30.C20H38.C19H36.C18H30.C17H32.C16H26/c1-3-4-5-19-8-12-21(13-9-19)23-16-14-22(15-17-23)20-10-6-18(2)7-11-20;1-3-17-6-10-19(11-7-17)21-14-12-20(13-15-21)18-8-4-16(2)5-9-18;1-3-5-6-8-18-11-15-20(16-12-18)19-13-9-17(7-4-2)10-14-19;1-3-5-7-17-10-14-19(15-11-17)18-12-8-16(6-4-2)9-13-18;1-3-5-15-7-11-17(12-8-15)18-13-9-16(6-4-2)10-14-18;1-3-5-15-8-12-17(13-9-15)16-10-6-14(4-2)7-11-16;1-3-13-5-9-15(10-6-13)16-11-7-14(4-2)8-12-16/h3,6-7,10-11,19,21-23H,1,4-5,8-9,12-17H2,2H3;3-5,8-9,17,19-21H,1,6-7,10-15H2,2H3;17-20H,3-16H2,1-2H3;16-19H,3-15H2,1-2H3;3-6,15-18H,7-14H2,1-2H3;14-17H,3-13H2,1-2H3;3-4,13-16H,1-2,5-12H2/b;;;;5-3+,6-4+;;. The zero-order chi connectivity index (χ0) is 94.7. The molecule has 0 bridgehead atoms. The van der Waals surface area contributed by atoms with Gasteiger partial charge in [0.1, 0.15) is 0 Å². The van der Waals surface area contributed by atoms with E-state index in [1.54, 1.807) is 152 Å². The lowest BCUT2D eigenvalue weighted by Crippen LogP contribution is -2.25. The summed E-state index contributed by atoms with van der Waals surface area (Å²) < 4.78 is 0. The molecule has 0 atom stereocenters. The van der Waals surface area contributed by atoms with Crippen LogP contribution in [0.3, 0.4) is 0 Å². The third-order valence-corrected chi connectivity index (χ3v) is 41.2. The molecule has 0 radical (unpaired) electrons. The number of aryl methyl sites for hydroxylation is 2. The normalized spacial score (nSPS) is 36.0. The van der Waals surface area contributed by atoms with Crippen LogP contribution >= 0.6 is 0 Å². The molecule has 134 heavy (non-hydrogen) atoms. The Bertz CT molecular complexity index is 3200. The maximum Gasteiger partial charge on any atom is -0.0162 e. The highest BCUT2D eigenvalue weighted by Gasteiger charge is 2.39. The zero-order valence-corrected chi connectivity index (χ0v) is 91.1. The van der Waals surface area contributed by atoms with Crippen LogP contribution in [0.15, 0.2) is 123 Å². The molecule has 14 fully saturated rings.